The van der Waals surface area contributed by atoms with Crippen molar-refractivity contribution in [1.29, 1.82) is 0 Å². The molecule has 3 aliphatic rings. The van der Waals surface area contributed by atoms with Crippen LogP contribution in [0.2, 0.25) is 0 Å². The molecule has 0 unspecified atom stereocenters. The van der Waals surface area contributed by atoms with E-state index in [9.17, 15) is 14.4 Å². The number of rotatable bonds is 4. The lowest BCUT2D eigenvalue weighted by molar-refractivity contribution is -0.145. The molecule has 0 spiro atoms. The Labute approximate surface area is 190 Å². The second-order valence-electron chi connectivity index (χ2n) is 7.99. The van der Waals surface area contributed by atoms with Gasteiger partial charge < -0.3 is 15.4 Å². The second-order valence-corrected chi connectivity index (χ2v) is 9.96. The van der Waals surface area contributed by atoms with Crippen molar-refractivity contribution in [2.75, 3.05) is 10.6 Å². The average molecular weight is 534 g/mol. The molecule has 6 atom stereocenters. The van der Waals surface area contributed by atoms with Crippen LogP contribution in [0.5, 0.6) is 0 Å². The first-order valence-corrected chi connectivity index (χ1v) is 11.5. The zero-order valence-electron chi connectivity index (χ0n) is 15.7. The van der Waals surface area contributed by atoms with Gasteiger partial charge in [-0.3, -0.25) is 14.4 Å². The van der Waals surface area contributed by atoms with E-state index in [0.717, 1.165) is 10.9 Å². The van der Waals surface area contributed by atoms with Gasteiger partial charge in [0.1, 0.15) is 6.10 Å². The van der Waals surface area contributed by atoms with E-state index >= 15 is 0 Å². The molecule has 2 saturated carbocycles. The second kappa shape index (κ2) is 7.50. The fraction of sp³-hybridized carbons (Fsp3) is 0.318. The number of ether oxygens (including phenoxy) is 1. The number of nitrogens with one attached hydrogen (secondary N) is 2. The summed E-state index contributed by atoms with van der Waals surface area (Å²) in [5.41, 5.74) is 1.78. The van der Waals surface area contributed by atoms with Crippen molar-refractivity contribution in [1.82, 2.24) is 0 Å². The summed E-state index contributed by atoms with van der Waals surface area (Å²) in [4.78, 5) is 37.6. The highest BCUT2D eigenvalue weighted by molar-refractivity contribution is 9.10. The number of hydrogen-bond acceptors (Lipinski definition) is 4. The number of halogens is 2. The molecule has 2 N–H and O–H groups in total. The molecule has 0 aromatic heterocycles. The van der Waals surface area contributed by atoms with Gasteiger partial charge in [-0.1, -0.05) is 31.9 Å². The van der Waals surface area contributed by atoms with E-state index in [0.29, 0.717) is 16.9 Å². The first-order chi connectivity index (χ1) is 14.4. The van der Waals surface area contributed by atoms with Crippen LogP contribution in [-0.4, -0.2) is 28.7 Å². The molecular weight excluding hydrogens is 516 g/mol. The van der Waals surface area contributed by atoms with Crippen LogP contribution in [0.15, 0.2) is 53.0 Å². The third-order valence-corrected chi connectivity index (χ3v) is 8.07. The van der Waals surface area contributed by atoms with Crippen molar-refractivity contribution >= 4 is 61.0 Å². The summed E-state index contributed by atoms with van der Waals surface area (Å²) in [6.45, 7) is 0. The molecule has 154 valence electrons. The maximum absolute atomic E-state index is 12.9. The van der Waals surface area contributed by atoms with Crippen LogP contribution in [0, 0.1) is 23.7 Å². The number of alkyl halides is 1. The minimum Gasteiger partial charge on any atom is -0.461 e. The first kappa shape index (κ1) is 19.8. The maximum atomic E-state index is 12.9. The molecule has 8 heteroatoms. The molecule has 2 aromatic carbocycles. The lowest BCUT2D eigenvalue weighted by Gasteiger charge is -2.27. The largest absolute Gasteiger partial charge is 0.461 e. The Morgan fingerprint density at radius 3 is 2.27 bits per heavy atom. The van der Waals surface area contributed by atoms with Crippen molar-refractivity contribution in [3.63, 3.8) is 0 Å². The van der Waals surface area contributed by atoms with E-state index < -0.39 is 0 Å². The van der Waals surface area contributed by atoms with Crippen molar-refractivity contribution in [2.24, 2.45) is 23.7 Å². The lowest BCUT2D eigenvalue weighted by Crippen LogP contribution is -2.40. The Kier molecular flexibility index (Phi) is 4.94. The van der Waals surface area contributed by atoms with Crippen LogP contribution in [0.1, 0.15) is 16.8 Å². The van der Waals surface area contributed by atoms with E-state index in [-0.39, 0.29) is 52.4 Å². The SMILES string of the molecule is O=C(Nc1ccc(Br)cc1)c1ccc(NC(=O)[C@@H]2[C@H]3C[C@H]4[C@H](OC(=O)[C@@H]42)[C@H]3Br)cc1. The van der Waals surface area contributed by atoms with Crippen LogP contribution in [0.3, 0.4) is 0 Å². The molecule has 30 heavy (non-hydrogen) atoms. The van der Waals surface area contributed by atoms with Gasteiger partial charge in [0, 0.05) is 27.3 Å². The summed E-state index contributed by atoms with van der Waals surface area (Å²) in [5.74, 6) is -1.14. The van der Waals surface area contributed by atoms with E-state index in [2.05, 4.69) is 42.5 Å². The van der Waals surface area contributed by atoms with Crippen molar-refractivity contribution in [3.8, 4) is 0 Å². The number of esters is 1. The standard InChI is InChI=1S/C22H18Br2N2O4/c23-11-3-7-13(8-4-11)25-20(27)10-1-5-12(6-2-10)26-21(28)16-14-9-15-17(16)22(29)30-19(15)18(14)24/h1-8,14-19H,9H2,(H,25,27)(H,26,28)/t14-,15-,16-,17+,18+,19+/m1/s1. The van der Waals surface area contributed by atoms with Gasteiger partial charge in [-0.25, -0.2) is 0 Å². The van der Waals surface area contributed by atoms with Gasteiger partial charge in [0.25, 0.3) is 5.91 Å². The van der Waals surface area contributed by atoms with Crippen LogP contribution >= 0.6 is 31.9 Å². The molecule has 0 radical (unpaired) electrons. The maximum Gasteiger partial charge on any atom is 0.310 e. The number of carbonyl (C=O) groups excluding carboxylic acids is 3. The zero-order chi connectivity index (χ0) is 21.0. The Morgan fingerprint density at radius 1 is 0.933 bits per heavy atom. The predicted molar refractivity (Wildman–Crippen MR) is 118 cm³/mol. The summed E-state index contributed by atoms with van der Waals surface area (Å²) in [6, 6.07) is 14.0. The smallest absolute Gasteiger partial charge is 0.310 e. The molecule has 2 aromatic rings. The number of amides is 2. The summed E-state index contributed by atoms with van der Waals surface area (Å²) >= 11 is 6.98. The molecule has 2 amide bonds. The Morgan fingerprint density at radius 2 is 1.57 bits per heavy atom. The van der Waals surface area contributed by atoms with Gasteiger partial charge in [0.15, 0.2) is 0 Å². The molecule has 2 aliphatic carbocycles. The summed E-state index contributed by atoms with van der Waals surface area (Å²) in [7, 11) is 0. The molecular formula is C22H18Br2N2O4. The van der Waals surface area contributed by atoms with Gasteiger partial charge in [0.05, 0.1) is 16.7 Å². The van der Waals surface area contributed by atoms with Crippen LogP contribution in [-0.2, 0) is 14.3 Å². The Balaban J connectivity index is 1.25. The minimum absolute atomic E-state index is 0.0330. The topological polar surface area (TPSA) is 84.5 Å². The van der Waals surface area contributed by atoms with Crippen LogP contribution < -0.4 is 10.6 Å². The lowest BCUT2D eigenvalue weighted by atomic mass is 9.79. The number of benzene rings is 2. The number of carbonyl (C=O) groups is 3. The molecule has 5 rings (SSSR count). The highest BCUT2D eigenvalue weighted by Gasteiger charge is 2.67. The Bertz CT molecular complexity index is 1020. The molecule has 3 fully saturated rings. The minimum atomic E-state index is -0.383. The third-order valence-electron chi connectivity index (χ3n) is 6.34. The number of anilines is 2. The van der Waals surface area contributed by atoms with Gasteiger partial charge in [-0.2, -0.15) is 0 Å². The zero-order valence-corrected chi connectivity index (χ0v) is 18.9. The van der Waals surface area contributed by atoms with Crippen LogP contribution in [0.4, 0.5) is 11.4 Å². The number of hydrogen-bond donors (Lipinski definition) is 2. The first-order valence-electron chi connectivity index (χ1n) is 9.75. The highest BCUT2D eigenvalue weighted by Crippen LogP contribution is 2.60. The quantitative estimate of drug-likeness (QED) is 0.455. The molecule has 1 aliphatic heterocycles. The number of fused-ring (bicyclic) bond motifs is 1. The van der Waals surface area contributed by atoms with Gasteiger partial charge in [0.2, 0.25) is 5.91 Å². The summed E-state index contributed by atoms with van der Waals surface area (Å²) < 4.78 is 6.40. The average Bonchev–Trinajstić information content (AvgIpc) is 3.34. The van der Waals surface area contributed by atoms with E-state index in [1.54, 1.807) is 24.3 Å². The highest BCUT2D eigenvalue weighted by atomic mass is 79.9. The Hall–Kier alpha value is -2.19. The van der Waals surface area contributed by atoms with Gasteiger partial charge in [-0.05, 0) is 60.9 Å². The van der Waals surface area contributed by atoms with Crippen LogP contribution in [0.25, 0.3) is 0 Å². The van der Waals surface area contributed by atoms with E-state index in [1.165, 1.54) is 0 Å². The third kappa shape index (κ3) is 3.26. The van der Waals surface area contributed by atoms with Crippen molar-refractivity contribution in [2.45, 2.75) is 17.4 Å². The van der Waals surface area contributed by atoms with Crippen molar-refractivity contribution in [3.05, 3.63) is 58.6 Å². The van der Waals surface area contributed by atoms with Gasteiger partial charge >= 0.3 is 5.97 Å². The predicted octanol–water partition coefficient (Wildman–Crippen LogP) is 4.21. The van der Waals surface area contributed by atoms with Crippen molar-refractivity contribution < 1.29 is 19.1 Å². The van der Waals surface area contributed by atoms with E-state index in [4.69, 9.17) is 4.74 Å². The fourth-order valence-electron chi connectivity index (χ4n) is 5.00. The molecule has 6 nitrogen and oxygen atoms in total. The molecule has 1 saturated heterocycles. The monoisotopic (exact) mass is 532 g/mol. The normalized spacial score (nSPS) is 30.8. The fourth-order valence-corrected chi connectivity index (χ4v) is 6.31. The van der Waals surface area contributed by atoms with E-state index in [1.807, 2.05) is 24.3 Å². The van der Waals surface area contributed by atoms with Gasteiger partial charge in [-0.15, -0.1) is 0 Å². The molecule has 2 bridgehead atoms. The summed E-state index contributed by atoms with van der Waals surface area (Å²) in [5, 5.41) is 5.74. The summed E-state index contributed by atoms with van der Waals surface area (Å²) in [6.07, 6.45) is 0.740. The molecule has 1 heterocycles.